The smallest absolute Gasteiger partial charge is 0.0725 e. The summed E-state index contributed by atoms with van der Waals surface area (Å²) in [5.74, 6) is 0. The van der Waals surface area contributed by atoms with Crippen LogP contribution in [0.2, 0.25) is 0 Å². The average molecular weight is 888 g/mol. The Labute approximate surface area is 408 Å². The van der Waals surface area contributed by atoms with Gasteiger partial charge in [0.1, 0.15) is 0 Å². The van der Waals surface area contributed by atoms with Crippen molar-refractivity contribution in [3.05, 3.63) is 295 Å². The molecule has 2 aliphatic rings. The van der Waals surface area contributed by atoms with Crippen molar-refractivity contribution >= 4 is 38.6 Å². The van der Waals surface area contributed by atoms with Gasteiger partial charge in [-0.25, -0.2) is 0 Å². The Kier molecular flexibility index (Phi) is 9.19. The largest absolute Gasteiger partial charge is 0.310 e. The molecule has 12 aromatic rings. The van der Waals surface area contributed by atoms with E-state index in [1.165, 1.54) is 111 Å². The van der Waals surface area contributed by atoms with E-state index in [1.54, 1.807) is 0 Å². The minimum atomic E-state index is -0.395. The van der Waals surface area contributed by atoms with Crippen molar-refractivity contribution in [3.63, 3.8) is 0 Å². The number of hydrogen-bond acceptors (Lipinski definition) is 1. The van der Waals surface area contributed by atoms with E-state index < -0.39 is 5.41 Å². The van der Waals surface area contributed by atoms with Gasteiger partial charge in [0.2, 0.25) is 0 Å². The average Bonchev–Trinajstić information content (AvgIpc) is 3.91. The molecule has 14 rings (SSSR count). The third kappa shape index (κ3) is 6.05. The van der Waals surface area contributed by atoms with Crippen LogP contribution in [0, 0.1) is 0 Å². The molecule has 0 aliphatic heterocycles. The maximum atomic E-state index is 2.39. The normalized spacial score (nSPS) is 12.7. The van der Waals surface area contributed by atoms with E-state index in [2.05, 4.69) is 278 Å². The van der Waals surface area contributed by atoms with E-state index >= 15 is 0 Å². The maximum absolute atomic E-state index is 2.39. The van der Waals surface area contributed by atoms with Crippen LogP contribution in [0.3, 0.4) is 0 Å². The quantitative estimate of drug-likeness (QED) is 0.154. The zero-order valence-electron chi connectivity index (χ0n) is 38.4. The minimum Gasteiger partial charge on any atom is -0.310 e. The van der Waals surface area contributed by atoms with Crippen molar-refractivity contribution in [1.29, 1.82) is 0 Å². The maximum Gasteiger partial charge on any atom is 0.0725 e. The highest BCUT2D eigenvalue weighted by molar-refractivity contribution is 6.04. The SMILES string of the molecule is c1ccc(N(c2ccc(-c3ccccc3-c3cccc4c3-c3ccccc3C43c4ccccc4-c4ccccc43)cc2)c2ccc(-c3cccc4ccccc34)c(-c3ccc4ccccc4c3)c2)cc1. The van der Waals surface area contributed by atoms with E-state index in [-0.39, 0.29) is 0 Å². The summed E-state index contributed by atoms with van der Waals surface area (Å²) in [6, 6.07) is 101. The Morgan fingerprint density at radius 3 is 1.47 bits per heavy atom. The Bertz CT molecular complexity index is 3960. The van der Waals surface area contributed by atoms with Crippen LogP contribution in [-0.2, 0) is 5.41 Å². The van der Waals surface area contributed by atoms with E-state index in [0.717, 1.165) is 17.1 Å². The zero-order chi connectivity index (χ0) is 46.2. The molecular formula is C69H45N. The lowest BCUT2D eigenvalue weighted by Crippen LogP contribution is -2.25. The predicted molar refractivity (Wildman–Crippen MR) is 294 cm³/mol. The molecule has 326 valence electrons. The summed E-state index contributed by atoms with van der Waals surface area (Å²) in [7, 11) is 0. The number of para-hydroxylation sites is 1. The molecule has 0 saturated heterocycles. The lowest BCUT2D eigenvalue weighted by atomic mass is 9.70. The van der Waals surface area contributed by atoms with Gasteiger partial charge in [0.15, 0.2) is 0 Å². The number of rotatable bonds is 7. The Hall–Kier alpha value is -9.04. The number of fused-ring (bicyclic) bond motifs is 12. The van der Waals surface area contributed by atoms with Gasteiger partial charge in [-0.3, -0.25) is 0 Å². The zero-order valence-corrected chi connectivity index (χ0v) is 38.4. The molecule has 1 heteroatoms. The first-order valence-electron chi connectivity index (χ1n) is 24.3. The molecule has 0 fully saturated rings. The first-order chi connectivity index (χ1) is 34.7. The molecular weight excluding hydrogens is 843 g/mol. The molecule has 0 saturated carbocycles. The van der Waals surface area contributed by atoms with Gasteiger partial charge in [0.05, 0.1) is 5.41 Å². The van der Waals surface area contributed by atoms with Gasteiger partial charge in [-0.2, -0.15) is 0 Å². The fourth-order valence-corrected chi connectivity index (χ4v) is 12.1. The predicted octanol–water partition coefficient (Wildman–Crippen LogP) is 18.5. The first kappa shape index (κ1) is 40.1. The second-order valence-electron chi connectivity index (χ2n) is 18.7. The van der Waals surface area contributed by atoms with Crippen molar-refractivity contribution < 1.29 is 0 Å². The van der Waals surface area contributed by atoms with Gasteiger partial charge in [-0.15, -0.1) is 0 Å². The summed E-state index contributed by atoms with van der Waals surface area (Å²) in [6.07, 6.45) is 0. The highest BCUT2D eigenvalue weighted by atomic mass is 15.1. The van der Waals surface area contributed by atoms with Crippen molar-refractivity contribution in [1.82, 2.24) is 0 Å². The minimum absolute atomic E-state index is 0.395. The second-order valence-corrected chi connectivity index (χ2v) is 18.7. The molecule has 0 aromatic heterocycles. The van der Waals surface area contributed by atoms with Crippen molar-refractivity contribution in [3.8, 4) is 66.8 Å². The summed E-state index contributed by atoms with van der Waals surface area (Å²) in [4.78, 5) is 2.39. The van der Waals surface area contributed by atoms with Crippen LogP contribution in [0.15, 0.2) is 273 Å². The van der Waals surface area contributed by atoms with Crippen LogP contribution >= 0.6 is 0 Å². The Morgan fingerprint density at radius 2 is 0.714 bits per heavy atom. The Balaban J connectivity index is 0.907. The summed E-state index contributed by atoms with van der Waals surface area (Å²) < 4.78 is 0. The van der Waals surface area contributed by atoms with Crippen LogP contribution in [0.5, 0.6) is 0 Å². The number of benzene rings is 12. The van der Waals surface area contributed by atoms with Crippen LogP contribution in [-0.4, -0.2) is 0 Å². The molecule has 1 spiro atoms. The molecule has 0 radical (unpaired) electrons. The van der Waals surface area contributed by atoms with Gasteiger partial charge >= 0.3 is 0 Å². The number of hydrogen-bond donors (Lipinski definition) is 0. The molecule has 0 atom stereocenters. The Morgan fingerprint density at radius 1 is 0.229 bits per heavy atom. The lowest BCUT2D eigenvalue weighted by Gasteiger charge is -2.30. The summed E-state index contributed by atoms with van der Waals surface area (Å²) in [5, 5.41) is 4.94. The van der Waals surface area contributed by atoms with Gasteiger partial charge in [0.25, 0.3) is 0 Å². The van der Waals surface area contributed by atoms with Crippen LogP contribution in [0.1, 0.15) is 22.3 Å². The second kappa shape index (κ2) is 16.0. The van der Waals surface area contributed by atoms with Gasteiger partial charge < -0.3 is 4.90 Å². The van der Waals surface area contributed by atoms with Gasteiger partial charge in [0, 0.05) is 17.1 Å². The summed E-state index contributed by atoms with van der Waals surface area (Å²) >= 11 is 0. The summed E-state index contributed by atoms with van der Waals surface area (Å²) in [6.45, 7) is 0. The molecule has 0 bridgehead atoms. The van der Waals surface area contributed by atoms with Crippen LogP contribution < -0.4 is 4.90 Å². The van der Waals surface area contributed by atoms with Gasteiger partial charge in [-0.05, 0) is 153 Å². The molecule has 0 amide bonds. The van der Waals surface area contributed by atoms with Crippen molar-refractivity contribution in [2.45, 2.75) is 5.41 Å². The fourth-order valence-electron chi connectivity index (χ4n) is 12.1. The van der Waals surface area contributed by atoms with Crippen molar-refractivity contribution in [2.75, 3.05) is 4.90 Å². The molecule has 12 aromatic carbocycles. The first-order valence-corrected chi connectivity index (χ1v) is 24.3. The highest BCUT2D eigenvalue weighted by Gasteiger charge is 2.52. The number of anilines is 3. The monoisotopic (exact) mass is 887 g/mol. The number of nitrogens with zero attached hydrogens (tertiary/aromatic N) is 1. The molecule has 1 nitrogen and oxygen atoms in total. The molecule has 0 heterocycles. The standard InChI is InChI=1S/C69H45N/c1-2-22-51(23-3-1)70(53-42-43-58(56-30-16-21-47-19-6-7-24-54(47)56)63(45-53)50-37-36-46-18-4-5-20-49(46)44-50)52-40-38-48(39-41-52)55-25-8-9-26-57(55)61-31-17-35-67-68(61)62-29-12-15-34-66(62)69(67)64-32-13-10-27-59(64)60-28-11-14-33-65(60)69/h1-45H. The lowest BCUT2D eigenvalue weighted by molar-refractivity contribution is 0.794. The third-order valence-corrected chi connectivity index (χ3v) is 15.1. The molecule has 0 N–H and O–H groups in total. The van der Waals surface area contributed by atoms with Crippen molar-refractivity contribution in [2.24, 2.45) is 0 Å². The summed E-state index contributed by atoms with van der Waals surface area (Å²) in [5.41, 5.74) is 23.2. The molecule has 70 heavy (non-hydrogen) atoms. The molecule has 0 unspecified atom stereocenters. The van der Waals surface area contributed by atoms with Crippen LogP contribution in [0.25, 0.3) is 88.3 Å². The topological polar surface area (TPSA) is 3.24 Å². The highest BCUT2D eigenvalue weighted by Crippen LogP contribution is 2.64. The van der Waals surface area contributed by atoms with E-state index in [1.807, 2.05) is 0 Å². The van der Waals surface area contributed by atoms with E-state index in [4.69, 9.17) is 0 Å². The van der Waals surface area contributed by atoms with Crippen LogP contribution in [0.4, 0.5) is 17.1 Å². The third-order valence-electron chi connectivity index (χ3n) is 15.1. The fraction of sp³-hybridized carbons (Fsp3) is 0.0145. The van der Waals surface area contributed by atoms with E-state index in [0.29, 0.717) is 0 Å². The molecule has 2 aliphatic carbocycles. The van der Waals surface area contributed by atoms with E-state index in [9.17, 15) is 0 Å². The van der Waals surface area contributed by atoms with Gasteiger partial charge in [-0.1, -0.05) is 231 Å².